The molecule has 0 aromatic heterocycles. The number of carbonyl (C=O) groups is 1. The quantitative estimate of drug-likeness (QED) is 0.750. The molecule has 1 saturated carbocycles. The molecule has 1 aliphatic heterocycles. The van der Waals surface area contributed by atoms with Crippen molar-refractivity contribution in [2.24, 2.45) is 11.3 Å². The van der Waals surface area contributed by atoms with Gasteiger partial charge >= 0.3 is 0 Å². The summed E-state index contributed by atoms with van der Waals surface area (Å²) in [5.41, 5.74) is 0.235. The van der Waals surface area contributed by atoms with Crippen LogP contribution in [0.5, 0.6) is 0 Å². The van der Waals surface area contributed by atoms with Crippen molar-refractivity contribution < 1.29 is 9.63 Å². The number of hydrogen-bond acceptors (Lipinski definition) is 3. The summed E-state index contributed by atoms with van der Waals surface area (Å²) in [7, 11) is 3.67. The summed E-state index contributed by atoms with van der Waals surface area (Å²) in [6, 6.07) is 0.394. The van der Waals surface area contributed by atoms with E-state index in [1.165, 1.54) is 0 Å². The molecule has 4 heteroatoms. The van der Waals surface area contributed by atoms with Gasteiger partial charge in [-0.1, -0.05) is 13.8 Å². The van der Waals surface area contributed by atoms with Crippen molar-refractivity contribution in [2.45, 2.75) is 39.2 Å². The molecule has 17 heavy (non-hydrogen) atoms. The van der Waals surface area contributed by atoms with E-state index in [9.17, 15) is 4.79 Å². The van der Waals surface area contributed by atoms with Crippen LogP contribution in [0.2, 0.25) is 0 Å². The van der Waals surface area contributed by atoms with E-state index in [-0.39, 0.29) is 11.3 Å². The van der Waals surface area contributed by atoms with Gasteiger partial charge in [-0.3, -0.25) is 4.79 Å². The predicted molar refractivity (Wildman–Crippen MR) is 66.3 cm³/mol. The minimum atomic E-state index is 0.235. The van der Waals surface area contributed by atoms with Gasteiger partial charge in [-0.25, -0.2) is 0 Å². The number of hydroxylamine groups is 2. The Kier molecular flexibility index (Phi) is 3.46. The molecule has 0 N–H and O–H groups in total. The van der Waals surface area contributed by atoms with Crippen LogP contribution in [0.15, 0.2) is 0 Å². The van der Waals surface area contributed by atoms with Crippen molar-refractivity contribution in [3.8, 4) is 0 Å². The highest BCUT2D eigenvalue weighted by Crippen LogP contribution is 2.52. The molecule has 1 heterocycles. The summed E-state index contributed by atoms with van der Waals surface area (Å²) < 4.78 is 0. The molecule has 1 saturated heterocycles. The zero-order valence-electron chi connectivity index (χ0n) is 11.4. The van der Waals surface area contributed by atoms with Gasteiger partial charge in [0.2, 0.25) is 5.91 Å². The van der Waals surface area contributed by atoms with Gasteiger partial charge in [0.1, 0.15) is 0 Å². The van der Waals surface area contributed by atoms with Gasteiger partial charge in [0.25, 0.3) is 0 Å². The van der Waals surface area contributed by atoms with Crippen LogP contribution in [0.1, 0.15) is 33.1 Å². The highest BCUT2D eigenvalue weighted by atomic mass is 16.7. The van der Waals surface area contributed by atoms with Crippen LogP contribution in [0.3, 0.4) is 0 Å². The fourth-order valence-corrected chi connectivity index (χ4v) is 2.73. The van der Waals surface area contributed by atoms with Crippen molar-refractivity contribution in [3.05, 3.63) is 0 Å². The summed E-state index contributed by atoms with van der Waals surface area (Å²) >= 11 is 0. The molecule has 1 unspecified atom stereocenters. The van der Waals surface area contributed by atoms with Crippen LogP contribution in [-0.4, -0.2) is 49.2 Å². The third-order valence-electron chi connectivity index (χ3n) is 4.39. The number of amides is 1. The number of piperidine rings is 1. The lowest BCUT2D eigenvalue weighted by Crippen LogP contribution is -2.46. The van der Waals surface area contributed by atoms with Crippen LogP contribution >= 0.6 is 0 Å². The lowest BCUT2D eigenvalue weighted by molar-refractivity contribution is -0.155. The first-order valence-electron chi connectivity index (χ1n) is 6.51. The summed E-state index contributed by atoms with van der Waals surface area (Å²) in [5.74, 6) is 0.596. The fraction of sp³-hybridized carbons (Fsp3) is 0.923. The summed E-state index contributed by atoms with van der Waals surface area (Å²) in [5, 5.41) is 1.97. The molecule has 4 nitrogen and oxygen atoms in total. The predicted octanol–water partition coefficient (Wildman–Crippen LogP) is 1.52. The maximum atomic E-state index is 12.3. The lowest BCUT2D eigenvalue weighted by atomic mass is 10.0. The fourth-order valence-electron chi connectivity index (χ4n) is 2.73. The first-order valence-corrected chi connectivity index (χ1v) is 6.51. The van der Waals surface area contributed by atoms with E-state index in [4.69, 9.17) is 4.84 Å². The topological polar surface area (TPSA) is 32.8 Å². The van der Waals surface area contributed by atoms with Gasteiger partial charge < -0.3 is 9.74 Å². The zero-order valence-corrected chi connectivity index (χ0v) is 11.4. The molecule has 0 spiro atoms. The highest BCUT2D eigenvalue weighted by Gasteiger charge is 2.52. The second-order valence-electron chi connectivity index (χ2n) is 6.04. The largest absolute Gasteiger partial charge is 0.342 e. The minimum Gasteiger partial charge on any atom is -0.342 e. The van der Waals surface area contributed by atoms with Gasteiger partial charge in [-0.2, -0.15) is 5.06 Å². The Morgan fingerprint density at radius 2 is 1.88 bits per heavy atom. The molecule has 0 aromatic carbocycles. The smallest absolute Gasteiger partial charge is 0.226 e. The maximum Gasteiger partial charge on any atom is 0.226 e. The van der Waals surface area contributed by atoms with Crippen molar-refractivity contribution in [2.75, 3.05) is 27.2 Å². The second-order valence-corrected chi connectivity index (χ2v) is 6.04. The van der Waals surface area contributed by atoms with Crippen LogP contribution < -0.4 is 0 Å². The van der Waals surface area contributed by atoms with Crippen LogP contribution in [0, 0.1) is 11.3 Å². The molecule has 0 bridgehead atoms. The molecular formula is C13H24N2O2. The van der Waals surface area contributed by atoms with E-state index < -0.39 is 0 Å². The van der Waals surface area contributed by atoms with Crippen molar-refractivity contribution in [1.82, 2.24) is 9.96 Å². The third-order valence-corrected chi connectivity index (χ3v) is 4.39. The van der Waals surface area contributed by atoms with E-state index in [0.717, 1.165) is 32.4 Å². The first kappa shape index (κ1) is 12.8. The van der Waals surface area contributed by atoms with Gasteiger partial charge in [0.15, 0.2) is 0 Å². The van der Waals surface area contributed by atoms with Crippen LogP contribution in [0.4, 0.5) is 0 Å². The van der Waals surface area contributed by atoms with Gasteiger partial charge in [-0.15, -0.1) is 0 Å². The Labute approximate surface area is 104 Å². The second kappa shape index (κ2) is 4.58. The molecule has 1 amide bonds. The van der Waals surface area contributed by atoms with Gasteiger partial charge in [-0.05, 0) is 24.7 Å². The molecule has 0 aromatic rings. The molecule has 2 aliphatic rings. The van der Waals surface area contributed by atoms with E-state index in [1.807, 2.05) is 17.0 Å². The summed E-state index contributed by atoms with van der Waals surface area (Å²) in [6.45, 7) is 6.20. The average Bonchev–Trinajstić information content (AvgIpc) is 2.97. The zero-order chi connectivity index (χ0) is 12.6. The van der Waals surface area contributed by atoms with E-state index in [2.05, 4.69) is 13.8 Å². The number of rotatable bonds is 3. The van der Waals surface area contributed by atoms with E-state index in [1.54, 1.807) is 7.11 Å². The van der Waals surface area contributed by atoms with E-state index in [0.29, 0.717) is 11.9 Å². The monoisotopic (exact) mass is 240 g/mol. The Balaban J connectivity index is 1.85. The van der Waals surface area contributed by atoms with Crippen LogP contribution in [-0.2, 0) is 9.63 Å². The molecule has 98 valence electrons. The lowest BCUT2D eigenvalue weighted by Gasteiger charge is -2.35. The van der Waals surface area contributed by atoms with Crippen molar-refractivity contribution in [3.63, 3.8) is 0 Å². The molecular weight excluding hydrogens is 216 g/mol. The third kappa shape index (κ3) is 2.63. The minimum absolute atomic E-state index is 0.235. The highest BCUT2D eigenvalue weighted by molar-refractivity contribution is 5.82. The number of nitrogens with zero attached hydrogens (tertiary/aromatic N) is 2. The molecule has 0 radical (unpaired) electrons. The Morgan fingerprint density at radius 3 is 2.29 bits per heavy atom. The van der Waals surface area contributed by atoms with Crippen molar-refractivity contribution in [1.29, 1.82) is 0 Å². The normalized spacial score (nSPS) is 29.1. The Hall–Kier alpha value is -0.610. The number of carbonyl (C=O) groups excluding carboxylic acids is 1. The maximum absolute atomic E-state index is 12.3. The Bertz CT molecular complexity index is 296. The van der Waals surface area contributed by atoms with Gasteiger partial charge in [0.05, 0.1) is 7.11 Å². The first-order chi connectivity index (χ1) is 7.95. The van der Waals surface area contributed by atoms with Gasteiger partial charge in [0, 0.05) is 32.1 Å². The number of hydrogen-bond donors (Lipinski definition) is 0. The standard InChI is InChI=1S/C13H24N2O2/c1-13(2)9-11(13)12(16)14(3)10-5-7-15(17-4)8-6-10/h10-11H,5-9H2,1-4H3. The molecule has 2 fully saturated rings. The van der Waals surface area contributed by atoms with E-state index >= 15 is 0 Å². The van der Waals surface area contributed by atoms with Crippen LogP contribution in [0.25, 0.3) is 0 Å². The molecule has 2 rings (SSSR count). The SMILES string of the molecule is CON1CCC(N(C)C(=O)C2CC2(C)C)CC1. The Morgan fingerprint density at radius 1 is 1.35 bits per heavy atom. The summed E-state index contributed by atoms with van der Waals surface area (Å²) in [4.78, 5) is 19.4. The summed E-state index contributed by atoms with van der Waals surface area (Å²) in [6.07, 6.45) is 3.08. The van der Waals surface area contributed by atoms with Crippen molar-refractivity contribution >= 4 is 5.91 Å². The molecule has 1 atom stereocenters. The molecule has 1 aliphatic carbocycles. The average molecular weight is 240 g/mol.